The van der Waals surface area contributed by atoms with E-state index in [4.69, 9.17) is 0 Å². The quantitative estimate of drug-likeness (QED) is 0.842. The van der Waals surface area contributed by atoms with Crippen LogP contribution >= 0.6 is 0 Å². The highest BCUT2D eigenvalue weighted by atomic mass is 16.2. The van der Waals surface area contributed by atoms with E-state index in [-0.39, 0.29) is 11.9 Å². The Morgan fingerprint density at radius 3 is 3.05 bits per heavy atom. The second kappa shape index (κ2) is 6.55. The highest BCUT2D eigenvalue weighted by molar-refractivity contribution is 5.81. The summed E-state index contributed by atoms with van der Waals surface area (Å²) in [7, 11) is 1.86. The number of aromatic nitrogens is 4. The van der Waals surface area contributed by atoms with Crippen LogP contribution in [0.3, 0.4) is 0 Å². The van der Waals surface area contributed by atoms with Gasteiger partial charge in [0.15, 0.2) is 0 Å². The van der Waals surface area contributed by atoms with E-state index in [2.05, 4.69) is 15.1 Å². The van der Waals surface area contributed by atoms with Gasteiger partial charge in [0.05, 0.1) is 18.8 Å². The van der Waals surface area contributed by atoms with Gasteiger partial charge in [-0.2, -0.15) is 5.10 Å². The first-order chi connectivity index (χ1) is 10.7. The van der Waals surface area contributed by atoms with Gasteiger partial charge in [-0.1, -0.05) is 0 Å². The molecular formula is C15H20N6O. The van der Waals surface area contributed by atoms with Gasteiger partial charge in [0.1, 0.15) is 5.82 Å². The minimum absolute atomic E-state index is 0.116. The van der Waals surface area contributed by atoms with Crippen molar-refractivity contribution in [2.24, 2.45) is 0 Å². The summed E-state index contributed by atoms with van der Waals surface area (Å²) >= 11 is 0. The van der Waals surface area contributed by atoms with E-state index in [0.717, 1.165) is 25.9 Å². The molecule has 0 aliphatic carbocycles. The molecule has 1 aliphatic heterocycles. The van der Waals surface area contributed by atoms with Crippen molar-refractivity contribution in [1.29, 1.82) is 0 Å². The second-order valence-corrected chi connectivity index (χ2v) is 5.54. The molecule has 3 rings (SSSR count). The average Bonchev–Trinajstić information content (AvgIpc) is 3.10. The molecule has 116 valence electrons. The Morgan fingerprint density at radius 2 is 2.32 bits per heavy atom. The van der Waals surface area contributed by atoms with Crippen LogP contribution in [0.15, 0.2) is 37.1 Å². The van der Waals surface area contributed by atoms with Crippen LogP contribution in [0, 0.1) is 0 Å². The van der Waals surface area contributed by atoms with Crippen LogP contribution < -0.4 is 4.90 Å². The molecule has 1 saturated heterocycles. The van der Waals surface area contributed by atoms with E-state index < -0.39 is 0 Å². The minimum Gasteiger partial charge on any atom is -0.349 e. The van der Waals surface area contributed by atoms with Crippen LogP contribution in [-0.2, 0) is 4.79 Å². The Labute approximate surface area is 129 Å². The third kappa shape index (κ3) is 3.24. The summed E-state index contributed by atoms with van der Waals surface area (Å²) in [4.78, 5) is 24.5. The zero-order valence-electron chi connectivity index (χ0n) is 12.7. The standard InChI is InChI=1S/C15H20N6O/c1-19(14-10-16-6-7-17-14)12-15(22)20-8-2-4-13(11-20)21-9-3-5-18-21/h3,5-7,9-10,13H,2,4,8,11-12H2,1H3/t13-/m1/s1. The molecule has 7 nitrogen and oxygen atoms in total. The van der Waals surface area contributed by atoms with Gasteiger partial charge in [0.25, 0.3) is 0 Å². The molecule has 3 heterocycles. The first-order valence-corrected chi connectivity index (χ1v) is 7.48. The van der Waals surface area contributed by atoms with Crippen LogP contribution in [0.1, 0.15) is 18.9 Å². The fraction of sp³-hybridized carbons (Fsp3) is 0.467. The van der Waals surface area contributed by atoms with Crippen LogP contribution in [0.5, 0.6) is 0 Å². The fourth-order valence-electron chi connectivity index (χ4n) is 2.77. The Kier molecular flexibility index (Phi) is 4.32. The maximum Gasteiger partial charge on any atom is 0.242 e. The van der Waals surface area contributed by atoms with E-state index in [9.17, 15) is 4.79 Å². The van der Waals surface area contributed by atoms with Crippen molar-refractivity contribution in [2.75, 3.05) is 31.6 Å². The molecular weight excluding hydrogens is 280 g/mol. The Bertz CT molecular complexity index is 600. The molecule has 1 amide bonds. The molecule has 1 atom stereocenters. The van der Waals surface area contributed by atoms with Crippen LogP contribution in [0.25, 0.3) is 0 Å². The molecule has 0 bridgehead atoms. The maximum absolute atomic E-state index is 12.5. The zero-order valence-corrected chi connectivity index (χ0v) is 12.7. The Balaban J connectivity index is 1.60. The van der Waals surface area contributed by atoms with Gasteiger partial charge in [-0.05, 0) is 18.9 Å². The van der Waals surface area contributed by atoms with E-state index >= 15 is 0 Å². The topological polar surface area (TPSA) is 67.2 Å². The van der Waals surface area contributed by atoms with Gasteiger partial charge in [0, 0.05) is 44.9 Å². The molecule has 22 heavy (non-hydrogen) atoms. The van der Waals surface area contributed by atoms with Crippen molar-refractivity contribution in [3.8, 4) is 0 Å². The number of likely N-dealkylation sites (tertiary alicyclic amines) is 1. The van der Waals surface area contributed by atoms with Crippen molar-refractivity contribution < 1.29 is 4.79 Å². The lowest BCUT2D eigenvalue weighted by molar-refractivity contribution is -0.131. The average molecular weight is 300 g/mol. The van der Waals surface area contributed by atoms with Gasteiger partial charge in [-0.15, -0.1) is 0 Å². The highest BCUT2D eigenvalue weighted by Gasteiger charge is 2.25. The fourth-order valence-corrected chi connectivity index (χ4v) is 2.77. The maximum atomic E-state index is 12.5. The van der Waals surface area contributed by atoms with E-state index in [1.165, 1.54) is 0 Å². The summed E-state index contributed by atoms with van der Waals surface area (Å²) in [5.41, 5.74) is 0. The lowest BCUT2D eigenvalue weighted by Crippen LogP contribution is -2.45. The van der Waals surface area contributed by atoms with Gasteiger partial charge in [-0.3, -0.25) is 14.5 Å². The molecule has 0 N–H and O–H groups in total. The van der Waals surface area contributed by atoms with Crippen molar-refractivity contribution in [1.82, 2.24) is 24.6 Å². The molecule has 2 aromatic heterocycles. The molecule has 0 saturated carbocycles. The summed E-state index contributed by atoms with van der Waals surface area (Å²) in [6.45, 7) is 1.84. The van der Waals surface area contributed by atoms with Gasteiger partial charge < -0.3 is 9.80 Å². The monoisotopic (exact) mass is 300 g/mol. The van der Waals surface area contributed by atoms with Crippen molar-refractivity contribution in [3.05, 3.63) is 37.1 Å². The summed E-state index contributed by atoms with van der Waals surface area (Å²) in [5.74, 6) is 0.821. The van der Waals surface area contributed by atoms with Gasteiger partial charge >= 0.3 is 0 Å². The number of rotatable bonds is 4. The van der Waals surface area contributed by atoms with Crippen LogP contribution in [0.2, 0.25) is 0 Å². The lowest BCUT2D eigenvalue weighted by Gasteiger charge is -2.34. The number of anilines is 1. The van der Waals surface area contributed by atoms with Crippen LogP contribution in [0.4, 0.5) is 5.82 Å². The summed E-state index contributed by atoms with van der Waals surface area (Å²) in [6.07, 6.45) is 10.7. The predicted molar refractivity (Wildman–Crippen MR) is 82.4 cm³/mol. The molecule has 1 aliphatic rings. The highest BCUT2D eigenvalue weighted by Crippen LogP contribution is 2.20. The summed E-state index contributed by atoms with van der Waals surface area (Å²) in [5, 5.41) is 4.29. The number of hydrogen-bond acceptors (Lipinski definition) is 5. The molecule has 2 aromatic rings. The number of likely N-dealkylation sites (N-methyl/N-ethyl adjacent to an activating group) is 1. The molecule has 0 aromatic carbocycles. The summed E-state index contributed by atoms with van der Waals surface area (Å²) in [6, 6.07) is 2.19. The van der Waals surface area contributed by atoms with Gasteiger partial charge in [-0.25, -0.2) is 4.98 Å². The van der Waals surface area contributed by atoms with Gasteiger partial charge in [0.2, 0.25) is 5.91 Å². The number of nitrogens with zero attached hydrogens (tertiary/aromatic N) is 6. The SMILES string of the molecule is CN(CC(=O)N1CCC[C@@H](n2cccn2)C1)c1cnccn1. The van der Waals surface area contributed by atoms with Crippen molar-refractivity contribution in [2.45, 2.75) is 18.9 Å². The van der Waals surface area contributed by atoms with Crippen molar-refractivity contribution in [3.63, 3.8) is 0 Å². The normalized spacial score (nSPS) is 18.2. The number of hydrogen-bond donors (Lipinski definition) is 0. The lowest BCUT2D eigenvalue weighted by atomic mass is 10.1. The third-order valence-electron chi connectivity index (χ3n) is 3.96. The first-order valence-electron chi connectivity index (χ1n) is 7.48. The molecule has 0 radical (unpaired) electrons. The van der Waals surface area contributed by atoms with E-state index in [1.54, 1.807) is 24.8 Å². The van der Waals surface area contributed by atoms with Crippen molar-refractivity contribution >= 4 is 11.7 Å². The second-order valence-electron chi connectivity index (χ2n) is 5.54. The third-order valence-corrected chi connectivity index (χ3v) is 3.96. The number of amides is 1. The van der Waals surface area contributed by atoms with Crippen LogP contribution in [-0.4, -0.2) is 57.2 Å². The molecule has 0 unspecified atom stereocenters. The van der Waals surface area contributed by atoms with E-state index in [0.29, 0.717) is 12.4 Å². The minimum atomic E-state index is 0.116. The zero-order chi connectivity index (χ0) is 15.4. The Morgan fingerprint density at radius 1 is 1.41 bits per heavy atom. The smallest absolute Gasteiger partial charge is 0.242 e. The summed E-state index contributed by atoms with van der Waals surface area (Å²) < 4.78 is 1.95. The molecule has 1 fully saturated rings. The Hall–Kier alpha value is -2.44. The number of piperidine rings is 1. The predicted octanol–water partition coefficient (Wildman–Crippen LogP) is 0.973. The number of carbonyl (C=O) groups is 1. The van der Waals surface area contributed by atoms with E-state index in [1.807, 2.05) is 33.8 Å². The molecule has 7 heteroatoms. The first kappa shape index (κ1) is 14.5. The number of carbonyl (C=O) groups excluding carboxylic acids is 1. The largest absolute Gasteiger partial charge is 0.349 e. The molecule has 0 spiro atoms.